The molecule has 1 aromatic heterocycles. The molecular formula is C15H17NS. The molecule has 0 saturated carbocycles. The zero-order valence-corrected chi connectivity index (χ0v) is 11.6. The molecule has 0 fully saturated rings. The highest BCUT2D eigenvalue weighted by Crippen LogP contribution is 2.54. The summed E-state index contributed by atoms with van der Waals surface area (Å²) in [5, 5.41) is 3.84. The standard InChI is InChI=1S/C15H17NS/c1-14(2)11-7-5-6-10-8-9-16-13(12(10)11)17-15(14,3)4/h5-9H,1-4H3. The summed E-state index contributed by atoms with van der Waals surface area (Å²) in [6.45, 7) is 9.30. The van der Waals surface area contributed by atoms with E-state index in [0.717, 1.165) is 0 Å². The first kappa shape index (κ1) is 11.1. The third kappa shape index (κ3) is 1.37. The molecule has 0 unspecified atom stereocenters. The predicted octanol–water partition coefficient (Wildman–Crippen LogP) is 4.40. The second-order valence-electron chi connectivity index (χ2n) is 5.76. The molecule has 1 nitrogen and oxygen atoms in total. The number of pyridine rings is 1. The highest BCUT2D eigenvalue weighted by Gasteiger charge is 2.44. The van der Waals surface area contributed by atoms with Crippen molar-refractivity contribution in [3.05, 3.63) is 36.0 Å². The van der Waals surface area contributed by atoms with Crippen LogP contribution in [0.3, 0.4) is 0 Å². The van der Waals surface area contributed by atoms with Crippen LogP contribution in [0.25, 0.3) is 10.8 Å². The minimum Gasteiger partial charge on any atom is -0.249 e. The van der Waals surface area contributed by atoms with Gasteiger partial charge in [-0.3, -0.25) is 0 Å². The minimum atomic E-state index is 0.160. The van der Waals surface area contributed by atoms with Crippen molar-refractivity contribution in [3.8, 4) is 0 Å². The van der Waals surface area contributed by atoms with E-state index in [1.54, 1.807) is 0 Å². The van der Waals surface area contributed by atoms with Gasteiger partial charge in [-0.05, 0) is 30.9 Å². The van der Waals surface area contributed by atoms with Crippen LogP contribution < -0.4 is 0 Å². The van der Waals surface area contributed by atoms with E-state index in [1.165, 1.54) is 21.4 Å². The summed E-state index contributed by atoms with van der Waals surface area (Å²) in [7, 11) is 0. The van der Waals surface area contributed by atoms with Crippen LogP contribution >= 0.6 is 11.8 Å². The fourth-order valence-corrected chi connectivity index (χ4v) is 3.78. The van der Waals surface area contributed by atoms with E-state index in [9.17, 15) is 0 Å². The molecule has 1 aliphatic heterocycles. The van der Waals surface area contributed by atoms with E-state index in [-0.39, 0.29) is 10.2 Å². The van der Waals surface area contributed by atoms with Gasteiger partial charge >= 0.3 is 0 Å². The number of benzene rings is 1. The van der Waals surface area contributed by atoms with Gasteiger partial charge < -0.3 is 0 Å². The summed E-state index contributed by atoms with van der Waals surface area (Å²) in [6.07, 6.45) is 1.92. The van der Waals surface area contributed by atoms with Crippen LogP contribution in [0, 0.1) is 0 Å². The van der Waals surface area contributed by atoms with Crippen molar-refractivity contribution in [2.45, 2.75) is 42.9 Å². The van der Waals surface area contributed by atoms with Gasteiger partial charge in [-0.1, -0.05) is 43.8 Å². The summed E-state index contributed by atoms with van der Waals surface area (Å²) in [5.41, 5.74) is 1.59. The molecule has 0 radical (unpaired) electrons. The summed E-state index contributed by atoms with van der Waals surface area (Å²) >= 11 is 1.90. The predicted molar refractivity (Wildman–Crippen MR) is 74.7 cm³/mol. The summed E-state index contributed by atoms with van der Waals surface area (Å²) in [6, 6.07) is 8.71. The Kier molecular flexibility index (Phi) is 2.13. The zero-order valence-electron chi connectivity index (χ0n) is 10.7. The van der Waals surface area contributed by atoms with Gasteiger partial charge in [-0.25, -0.2) is 4.98 Å². The van der Waals surface area contributed by atoms with Gasteiger partial charge in [0.15, 0.2) is 0 Å². The van der Waals surface area contributed by atoms with Gasteiger partial charge in [-0.15, -0.1) is 0 Å². The van der Waals surface area contributed by atoms with Crippen molar-refractivity contribution in [2.75, 3.05) is 0 Å². The normalized spacial score (nSPS) is 20.5. The van der Waals surface area contributed by atoms with Gasteiger partial charge in [0.05, 0.1) is 0 Å². The maximum atomic E-state index is 4.56. The lowest BCUT2D eigenvalue weighted by Crippen LogP contribution is -2.42. The average Bonchev–Trinajstić information content (AvgIpc) is 2.26. The number of thioether (sulfide) groups is 1. The fourth-order valence-electron chi connectivity index (χ4n) is 2.49. The lowest BCUT2D eigenvalue weighted by atomic mass is 9.72. The van der Waals surface area contributed by atoms with Crippen molar-refractivity contribution >= 4 is 22.5 Å². The minimum absolute atomic E-state index is 0.160. The Bertz CT molecular complexity index is 594. The first-order valence-corrected chi connectivity index (χ1v) is 6.82. The Morgan fingerprint density at radius 1 is 1.06 bits per heavy atom. The molecule has 2 heterocycles. The monoisotopic (exact) mass is 243 g/mol. The molecule has 0 bridgehead atoms. The van der Waals surface area contributed by atoms with E-state index < -0.39 is 0 Å². The van der Waals surface area contributed by atoms with E-state index in [0.29, 0.717) is 0 Å². The van der Waals surface area contributed by atoms with Crippen LogP contribution in [0.2, 0.25) is 0 Å². The van der Waals surface area contributed by atoms with E-state index in [4.69, 9.17) is 0 Å². The molecular weight excluding hydrogens is 226 g/mol. The van der Waals surface area contributed by atoms with Crippen LogP contribution in [-0.4, -0.2) is 9.73 Å². The van der Waals surface area contributed by atoms with Crippen LogP contribution in [0.5, 0.6) is 0 Å². The lowest BCUT2D eigenvalue weighted by Gasteiger charge is -2.45. The highest BCUT2D eigenvalue weighted by molar-refractivity contribution is 8.00. The van der Waals surface area contributed by atoms with Gasteiger partial charge in [0, 0.05) is 21.7 Å². The number of rotatable bonds is 0. The van der Waals surface area contributed by atoms with E-state index in [1.807, 2.05) is 18.0 Å². The van der Waals surface area contributed by atoms with Gasteiger partial charge in [0.25, 0.3) is 0 Å². The summed E-state index contributed by atoms with van der Waals surface area (Å²) in [4.78, 5) is 4.56. The number of nitrogens with zero attached hydrogens (tertiary/aromatic N) is 1. The topological polar surface area (TPSA) is 12.9 Å². The first-order chi connectivity index (χ1) is 7.93. The number of hydrogen-bond donors (Lipinski definition) is 0. The Labute approximate surface area is 107 Å². The molecule has 0 N–H and O–H groups in total. The van der Waals surface area contributed by atoms with Crippen molar-refractivity contribution < 1.29 is 0 Å². The lowest BCUT2D eigenvalue weighted by molar-refractivity contribution is 0.411. The molecule has 0 spiro atoms. The largest absolute Gasteiger partial charge is 0.249 e. The van der Waals surface area contributed by atoms with Gasteiger partial charge in [0.2, 0.25) is 0 Å². The first-order valence-electron chi connectivity index (χ1n) is 6.01. The summed E-state index contributed by atoms with van der Waals surface area (Å²) < 4.78 is 0.169. The van der Waals surface area contributed by atoms with E-state index >= 15 is 0 Å². The number of aromatic nitrogens is 1. The molecule has 88 valence electrons. The maximum absolute atomic E-state index is 4.56. The smallest absolute Gasteiger partial charge is 0.105 e. The molecule has 1 aromatic carbocycles. The van der Waals surface area contributed by atoms with Crippen molar-refractivity contribution in [3.63, 3.8) is 0 Å². The van der Waals surface area contributed by atoms with Crippen LogP contribution in [0.1, 0.15) is 33.3 Å². The van der Waals surface area contributed by atoms with Gasteiger partial charge in [0.1, 0.15) is 5.03 Å². The maximum Gasteiger partial charge on any atom is 0.105 e. The third-order valence-corrected chi connectivity index (χ3v) is 5.81. The molecule has 2 heteroatoms. The summed E-state index contributed by atoms with van der Waals surface area (Å²) in [5.74, 6) is 0. The second-order valence-corrected chi connectivity index (χ2v) is 7.37. The van der Waals surface area contributed by atoms with Crippen LogP contribution in [0.4, 0.5) is 0 Å². The highest BCUT2D eigenvalue weighted by atomic mass is 32.2. The molecule has 3 rings (SSSR count). The Morgan fingerprint density at radius 2 is 1.82 bits per heavy atom. The molecule has 0 amide bonds. The van der Waals surface area contributed by atoms with Gasteiger partial charge in [-0.2, -0.15) is 0 Å². The third-order valence-electron chi connectivity index (χ3n) is 4.29. The quantitative estimate of drug-likeness (QED) is 0.680. The number of hydrogen-bond acceptors (Lipinski definition) is 2. The molecule has 17 heavy (non-hydrogen) atoms. The van der Waals surface area contributed by atoms with Crippen molar-refractivity contribution in [1.29, 1.82) is 0 Å². The van der Waals surface area contributed by atoms with E-state index in [2.05, 4.69) is 56.9 Å². The molecule has 0 atom stereocenters. The second kappa shape index (κ2) is 3.26. The Hall–Kier alpha value is -1.02. The fraction of sp³-hybridized carbons (Fsp3) is 0.400. The van der Waals surface area contributed by atoms with Crippen LogP contribution in [-0.2, 0) is 5.41 Å². The zero-order chi connectivity index (χ0) is 12.3. The Morgan fingerprint density at radius 3 is 2.59 bits per heavy atom. The molecule has 2 aromatic rings. The van der Waals surface area contributed by atoms with Crippen LogP contribution in [0.15, 0.2) is 35.5 Å². The average molecular weight is 243 g/mol. The van der Waals surface area contributed by atoms with Crippen molar-refractivity contribution in [2.24, 2.45) is 0 Å². The molecule has 1 aliphatic rings. The SMILES string of the molecule is CC1(C)Sc2nccc3cccc(c23)C1(C)C. The van der Waals surface area contributed by atoms with Crippen molar-refractivity contribution in [1.82, 2.24) is 4.98 Å². The molecule has 0 saturated heterocycles. The molecule has 0 aliphatic carbocycles. The Balaban J connectivity index is 2.45.